The first kappa shape index (κ1) is 25.2. The summed E-state index contributed by atoms with van der Waals surface area (Å²) in [6, 6.07) is 19.4. The molecule has 0 aliphatic carbocycles. The van der Waals surface area contributed by atoms with Crippen LogP contribution >= 0.6 is 27.5 Å². The van der Waals surface area contributed by atoms with Crippen molar-refractivity contribution in [3.8, 4) is 0 Å². The second-order valence-corrected chi connectivity index (χ2v) is 8.86. The summed E-state index contributed by atoms with van der Waals surface area (Å²) in [5.74, 6) is -2.11. The van der Waals surface area contributed by atoms with Crippen LogP contribution in [0.4, 0.5) is 17.1 Å². The van der Waals surface area contributed by atoms with Crippen LogP contribution in [0.2, 0.25) is 0 Å². The molecule has 1 heterocycles. The third kappa shape index (κ3) is 5.32. The number of carbonyl (C=O) groups is 4. The van der Waals surface area contributed by atoms with E-state index < -0.39 is 23.7 Å². The molecule has 0 bridgehead atoms. The number of hydrogen-bond acceptors (Lipinski definition) is 6. The van der Waals surface area contributed by atoms with E-state index in [0.29, 0.717) is 28.2 Å². The number of imide groups is 1. The van der Waals surface area contributed by atoms with Gasteiger partial charge in [0.1, 0.15) is 10.7 Å². The molecule has 3 aromatic carbocycles. The molecule has 10 heteroatoms. The molecule has 0 saturated heterocycles. The number of rotatable bonds is 7. The first-order valence-corrected chi connectivity index (χ1v) is 12.0. The average Bonchev–Trinajstić information content (AvgIpc) is 3.08. The Morgan fingerprint density at radius 1 is 0.917 bits per heavy atom. The highest BCUT2D eigenvalue weighted by Crippen LogP contribution is 2.31. The van der Waals surface area contributed by atoms with Gasteiger partial charge in [0.05, 0.1) is 17.9 Å². The molecule has 8 nitrogen and oxygen atoms in total. The number of halogens is 2. The smallest absolute Gasteiger partial charge is 0.338 e. The number of nitrogens with one attached hydrogen (secondary N) is 2. The average molecular weight is 569 g/mol. The minimum Gasteiger partial charge on any atom is -0.462 e. The summed E-state index contributed by atoms with van der Waals surface area (Å²) < 4.78 is 5.75. The fourth-order valence-corrected chi connectivity index (χ4v) is 3.90. The summed E-state index contributed by atoms with van der Waals surface area (Å²) in [7, 11) is 0. The van der Waals surface area contributed by atoms with Crippen molar-refractivity contribution in [2.75, 3.05) is 22.1 Å². The number of amides is 3. The number of hydrogen-bond donors (Lipinski definition) is 2. The molecular weight excluding hydrogens is 550 g/mol. The Morgan fingerprint density at radius 3 is 2.28 bits per heavy atom. The van der Waals surface area contributed by atoms with Crippen LogP contribution in [0.3, 0.4) is 0 Å². The monoisotopic (exact) mass is 567 g/mol. The molecule has 0 spiro atoms. The van der Waals surface area contributed by atoms with E-state index in [9.17, 15) is 19.2 Å². The molecule has 4 rings (SSSR count). The lowest BCUT2D eigenvalue weighted by atomic mass is 10.1. The molecule has 0 aromatic heterocycles. The Bertz CT molecular complexity index is 1390. The van der Waals surface area contributed by atoms with Crippen LogP contribution in [0.25, 0.3) is 0 Å². The van der Waals surface area contributed by atoms with E-state index in [1.165, 1.54) is 6.07 Å². The molecule has 36 heavy (non-hydrogen) atoms. The van der Waals surface area contributed by atoms with Crippen molar-refractivity contribution in [3.63, 3.8) is 0 Å². The predicted molar refractivity (Wildman–Crippen MR) is 140 cm³/mol. The van der Waals surface area contributed by atoms with Gasteiger partial charge in [0.15, 0.2) is 0 Å². The van der Waals surface area contributed by atoms with Crippen molar-refractivity contribution in [1.82, 2.24) is 0 Å². The molecule has 0 saturated carbocycles. The quantitative estimate of drug-likeness (QED) is 0.296. The van der Waals surface area contributed by atoms with Crippen LogP contribution in [-0.2, 0) is 14.3 Å². The highest BCUT2D eigenvalue weighted by molar-refractivity contribution is 9.10. The SMILES string of the molecule is CCOC(=O)c1ccc(NC(=O)c2cccc(NC3=C(Cl)C(=O)N(c4ccc(Br)cc4)C3=O)c2)cc1. The van der Waals surface area contributed by atoms with Crippen molar-refractivity contribution >= 4 is 68.3 Å². The standard InChI is InChI=1S/C26H19BrClN3O5/c1-2-36-26(35)15-6-10-18(11-7-15)30-23(32)16-4-3-5-19(14-16)29-22-21(28)24(33)31(25(22)34)20-12-8-17(27)9-13-20/h3-14,29H,2H2,1H3,(H,30,32). The molecule has 1 aliphatic heterocycles. The van der Waals surface area contributed by atoms with Gasteiger partial charge >= 0.3 is 5.97 Å². The van der Waals surface area contributed by atoms with Crippen LogP contribution in [0, 0.1) is 0 Å². The fourth-order valence-electron chi connectivity index (χ4n) is 3.43. The van der Waals surface area contributed by atoms with Crippen LogP contribution in [0.5, 0.6) is 0 Å². The zero-order chi connectivity index (χ0) is 25.8. The molecular formula is C26H19BrClN3O5. The van der Waals surface area contributed by atoms with Gasteiger partial charge in [-0.15, -0.1) is 0 Å². The number of ether oxygens (including phenoxy) is 1. The van der Waals surface area contributed by atoms with Crippen molar-refractivity contribution in [2.24, 2.45) is 0 Å². The Balaban J connectivity index is 1.47. The number of benzene rings is 3. The Kier molecular flexibility index (Phi) is 7.52. The van der Waals surface area contributed by atoms with Gasteiger partial charge in [0, 0.05) is 21.4 Å². The van der Waals surface area contributed by atoms with Crippen LogP contribution in [-0.4, -0.2) is 30.3 Å². The molecule has 182 valence electrons. The van der Waals surface area contributed by atoms with Gasteiger partial charge in [0.25, 0.3) is 17.7 Å². The van der Waals surface area contributed by atoms with Crippen molar-refractivity contribution in [1.29, 1.82) is 0 Å². The first-order valence-electron chi connectivity index (χ1n) is 10.8. The van der Waals surface area contributed by atoms with E-state index >= 15 is 0 Å². The van der Waals surface area contributed by atoms with Gasteiger partial charge in [-0.1, -0.05) is 33.6 Å². The summed E-state index contributed by atoms with van der Waals surface area (Å²) in [6.07, 6.45) is 0. The maximum Gasteiger partial charge on any atom is 0.338 e. The van der Waals surface area contributed by atoms with Crippen molar-refractivity contribution in [3.05, 3.63) is 99.1 Å². The van der Waals surface area contributed by atoms with Crippen molar-refractivity contribution in [2.45, 2.75) is 6.92 Å². The van der Waals surface area contributed by atoms with Crippen molar-refractivity contribution < 1.29 is 23.9 Å². The zero-order valence-electron chi connectivity index (χ0n) is 18.9. The lowest BCUT2D eigenvalue weighted by Gasteiger charge is -2.15. The summed E-state index contributed by atoms with van der Waals surface area (Å²) in [4.78, 5) is 51.2. The molecule has 0 atom stereocenters. The second-order valence-electron chi connectivity index (χ2n) is 7.57. The first-order chi connectivity index (χ1) is 17.3. The Hall–Kier alpha value is -3.95. The normalized spacial score (nSPS) is 13.1. The summed E-state index contributed by atoms with van der Waals surface area (Å²) >= 11 is 9.51. The van der Waals surface area contributed by atoms with E-state index in [2.05, 4.69) is 26.6 Å². The number of carbonyl (C=O) groups excluding carboxylic acids is 4. The summed E-state index contributed by atoms with van der Waals surface area (Å²) in [6.45, 7) is 1.99. The van der Waals surface area contributed by atoms with E-state index in [0.717, 1.165) is 9.37 Å². The van der Waals surface area contributed by atoms with E-state index in [1.807, 2.05) is 0 Å². The van der Waals surface area contributed by atoms with E-state index in [1.54, 1.807) is 73.7 Å². The van der Waals surface area contributed by atoms with Gasteiger partial charge in [0.2, 0.25) is 0 Å². The minimum absolute atomic E-state index is 0.0864. The largest absolute Gasteiger partial charge is 0.462 e. The predicted octanol–water partition coefficient (Wildman–Crippen LogP) is 5.31. The molecule has 2 N–H and O–H groups in total. The molecule has 3 aromatic rings. The number of anilines is 3. The summed E-state index contributed by atoms with van der Waals surface area (Å²) in [5, 5.41) is 5.36. The minimum atomic E-state index is -0.647. The van der Waals surface area contributed by atoms with E-state index in [4.69, 9.17) is 16.3 Å². The molecule has 0 radical (unpaired) electrons. The Morgan fingerprint density at radius 2 is 1.61 bits per heavy atom. The molecule has 0 fully saturated rings. The Labute approximate surface area is 220 Å². The highest BCUT2D eigenvalue weighted by Gasteiger charge is 2.39. The third-order valence-corrected chi connectivity index (χ3v) is 6.04. The maximum atomic E-state index is 13.0. The van der Waals surface area contributed by atoms with Crippen LogP contribution < -0.4 is 15.5 Å². The number of esters is 1. The van der Waals surface area contributed by atoms with Gasteiger partial charge in [-0.2, -0.15) is 0 Å². The molecule has 3 amide bonds. The lowest BCUT2D eigenvalue weighted by Crippen LogP contribution is -2.32. The molecule has 1 aliphatic rings. The maximum absolute atomic E-state index is 13.0. The van der Waals surface area contributed by atoms with Crippen LogP contribution in [0.1, 0.15) is 27.6 Å². The van der Waals surface area contributed by atoms with Gasteiger partial charge in [-0.25, -0.2) is 9.69 Å². The lowest BCUT2D eigenvalue weighted by molar-refractivity contribution is -0.120. The highest BCUT2D eigenvalue weighted by atomic mass is 79.9. The number of nitrogens with zero attached hydrogens (tertiary/aromatic N) is 1. The zero-order valence-corrected chi connectivity index (χ0v) is 21.2. The van der Waals surface area contributed by atoms with Gasteiger partial charge in [-0.3, -0.25) is 14.4 Å². The topological polar surface area (TPSA) is 105 Å². The molecule has 0 unspecified atom stereocenters. The third-order valence-electron chi connectivity index (χ3n) is 5.16. The van der Waals surface area contributed by atoms with Gasteiger partial charge < -0.3 is 15.4 Å². The van der Waals surface area contributed by atoms with E-state index in [-0.39, 0.29) is 17.3 Å². The van der Waals surface area contributed by atoms with Gasteiger partial charge in [-0.05, 0) is 73.7 Å². The summed E-state index contributed by atoms with van der Waals surface area (Å²) in [5.41, 5.74) is 1.85. The fraction of sp³-hybridized carbons (Fsp3) is 0.0769. The van der Waals surface area contributed by atoms with Crippen LogP contribution in [0.15, 0.2) is 88.0 Å². The second kappa shape index (κ2) is 10.8.